The van der Waals surface area contributed by atoms with Gasteiger partial charge in [-0.05, 0) is 31.2 Å². The predicted molar refractivity (Wildman–Crippen MR) is 87.2 cm³/mol. The summed E-state index contributed by atoms with van der Waals surface area (Å²) < 4.78 is 28.8. The zero-order chi connectivity index (χ0) is 17.8. The van der Waals surface area contributed by atoms with E-state index in [2.05, 4.69) is 0 Å². The van der Waals surface area contributed by atoms with Crippen LogP contribution in [0.25, 0.3) is 0 Å². The zero-order valence-corrected chi connectivity index (χ0v) is 13.7. The van der Waals surface area contributed by atoms with Crippen molar-refractivity contribution in [2.45, 2.75) is 19.4 Å². The molecule has 25 heavy (non-hydrogen) atoms. The number of hydrogen-bond acceptors (Lipinski definition) is 5. The van der Waals surface area contributed by atoms with Crippen LogP contribution in [-0.2, 0) is 4.79 Å². The summed E-state index contributed by atoms with van der Waals surface area (Å²) in [5.41, 5.74) is -0.464. The summed E-state index contributed by atoms with van der Waals surface area (Å²) in [6.45, 7) is 2.53. The maximum atomic E-state index is 12.8. The van der Waals surface area contributed by atoms with Crippen molar-refractivity contribution in [1.82, 2.24) is 4.90 Å². The van der Waals surface area contributed by atoms with E-state index in [9.17, 15) is 14.0 Å². The van der Waals surface area contributed by atoms with Crippen LogP contribution in [-0.4, -0.2) is 36.6 Å². The fourth-order valence-corrected chi connectivity index (χ4v) is 2.65. The fraction of sp³-hybridized carbons (Fsp3) is 0.333. The average molecular weight is 347 g/mol. The molecule has 2 aromatic rings. The number of carbonyl (C=O) groups is 1. The number of amides is 1. The molecule has 0 radical (unpaired) electrons. The minimum Gasteiger partial charge on any atom is -0.488 e. The van der Waals surface area contributed by atoms with E-state index in [1.165, 1.54) is 30.3 Å². The van der Waals surface area contributed by atoms with Crippen LogP contribution in [0.5, 0.6) is 11.5 Å². The van der Waals surface area contributed by atoms with Crippen LogP contribution in [0.1, 0.15) is 12.2 Å². The normalized spacial score (nSPS) is 16.7. The highest BCUT2D eigenvalue weighted by molar-refractivity contribution is 5.78. The molecule has 1 aromatic heterocycles. The Kier molecular flexibility index (Phi) is 5.02. The number of rotatable bonds is 5. The Hall–Kier alpha value is -2.83. The van der Waals surface area contributed by atoms with Gasteiger partial charge in [0, 0.05) is 19.0 Å². The number of ether oxygens (including phenoxy) is 2. The monoisotopic (exact) mass is 347 g/mol. The third-order valence-corrected chi connectivity index (χ3v) is 3.84. The number of benzene rings is 1. The molecule has 1 atom stereocenters. The van der Waals surface area contributed by atoms with Gasteiger partial charge in [0.25, 0.3) is 5.91 Å². The highest BCUT2D eigenvalue weighted by atomic mass is 19.1. The van der Waals surface area contributed by atoms with Gasteiger partial charge in [0.15, 0.2) is 6.61 Å². The van der Waals surface area contributed by atoms with E-state index >= 15 is 0 Å². The molecule has 7 heteroatoms. The summed E-state index contributed by atoms with van der Waals surface area (Å²) in [7, 11) is 0. The van der Waals surface area contributed by atoms with E-state index < -0.39 is 5.63 Å². The highest BCUT2D eigenvalue weighted by Crippen LogP contribution is 2.19. The van der Waals surface area contributed by atoms with Crippen LogP contribution in [0.4, 0.5) is 4.39 Å². The van der Waals surface area contributed by atoms with Gasteiger partial charge < -0.3 is 18.8 Å². The van der Waals surface area contributed by atoms with Gasteiger partial charge in [0.05, 0.1) is 12.6 Å². The summed E-state index contributed by atoms with van der Waals surface area (Å²) in [6, 6.07) is 8.43. The number of carbonyl (C=O) groups excluding carboxylic acids is 1. The number of halogens is 1. The standard InChI is InChI=1S/C18H18FNO5/c1-12-8-16(9-18(22)24-12)25-15-6-7-20(10-15)17(21)11-23-14-4-2-13(19)3-5-14/h2-5,8-9,15H,6-7,10-11H2,1H3. The van der Waals surface area contributed by atoms with Gasteiger partial charge in [-0.15, -0.1) is 0 Å². The predicted octanol–water partition coefficient (Wildman–Crippen LogP) is 2.15. The molecule has 1 unspecified atom stereocenters. The van der Waals surface area contributed by atoms with Gasteiger partial charge in [-0.3, -0.25) is 4.79 Å². The molecule has 1 aliphatic heterocycles. The van der Waals surface area contributed by atoms with E-state index in [1.54, 1.807) is 17.9 Å². The summed E-state index contributed by atoms with van der Waals surface area (Å²) in [6.07, 6.45) is 0.484. The lowest BCUT2D eigenvalue weighted by Gasteiger charge is -2.17. The lowest BCUT2D eigenvalue weighted by molar-refractivity contribution is -0.132. The van der Waals surface area contributed by atoms with Crippen molar-refractivity contribution in [2.24, 2.45) is 0 Å². The highest BCUT2D eigenvalue weighted by Gasteiger charge is 2.28. The lowest BCUT2D eigenvalue weighted by atomic mass is 10.3. The molecular weight excluding hydrogens is 329 g/mol. The first-order valence-electron chi connectivity index (χ1n) is 7.94. The maximum absolute atomic E-state index is 12.8. The minimum absolute atomic E-state index is 0.119. The van der Waals surface area contributed by atoms with Crippen LogP contribution in [0.15, 0.2) is 45.6 Å². The Labute approximate surface area is 143 Å². The van der Waals surface area contributed by atoms with E-state index in [-0.39, 0.29) is 24.4 Å². The third kappa shape index (κ3) is 4.59. The van der Waals surface area contributed by atoms with Gasteiger partial charge >= 0.3 is 5.63 Å². The van der Waals surface area contributed by atoms with Crippen molar-refractivity contribution in [1.29, 1.82) is 0 Å². The molecule has 0 aliphatic carbocycles. The fourth-order valence-electron chi connectivity index (χ4n) is 2.65. The van der Waals surface area contributed by atoms with Gasteiger partial charge in [0.1, 0.15) is 29.2 Å². The zero-order valence-electron chi connectivity index (χ0n) is 13.7. The Morgan fingerprint density at radius 1 is 1.28 bits per heavy atom. The van der Waals surface area contributed by atoms with E-state index in [4.69, 9.17) is 13.9 Å². The first-order chi connectivity index (χ1) is 12.0. The van der Waals surface area contributed by atoms with Crippen molar-refractivity contribution in [2.75, 3.05) is 19.7 Å². The summed E-state index contributed by atoms with van der Waals surface area (Å²) in [5.74, 6) is 0.826. The second-order valence-corrected chi connectivity index (χ2v) is 5.83. The molecular formula is C18H18FNO5. The molecule has 1 fully saturated rings. The molecule has 0 spiro atoms. The Morgan fingerprint density at radius 3 is 2.76 bits per heavy atom. The van der Waals surface area contributed by atoms with E-state index in [0.717, 1.165) is 0 Å². The Morgan fingerprint density at radius 2 is 2.04 bits per heavy atom. The second kappa shape index (κ2) is 7.38. The molecule has 3 rings (SSSR count). The molecule has 1 aliphatic rings. The molecule has 0 saturated carbocycles. The summed E-state index contributed by atoms with van der Waals surface area (Å²) in [4.78, 5) is 25.2. The first kappa shape index (κ1) is 17.0. The van der Waals surface area contributed by atoms with Crippen molar-refractivity contribution >= 4 is 5.91 Å². The largest absolute Gasteiger partial charge is 0.488 e. The molecule has 1 amide bonds. The smallest absolute Gasteiger partial charge is 0.339 e. The van der Waals surface area contributed by atoms with Crippen LogP contribution in [0, 0.1) is 12.7 Å². The van der Waals surface area contributed by atoms with Gasteiger partial charge in [-0.2, -0.15) is 0 Å². The summed E-state index contributed by atoms with van der Waals surface area (Å²) in [5, 5.41) is 0. The van der Waals surface area contributed by atoms with Crippen molar-refractivity contribution < 1.29 is 23.1 Å². The number of aryl methyl sites for hydroxylation is 1. The molecule has 0 bridgehead atoms. The van der Waals surface area contributed by atoms with Crippen LogP contribution < -0.4 is 15.1 Å². The van der Waals surface area contributed by atoms with E-state index in [1.807, 2.05) is 0 Å². The van der Waals surface area contributed by atoms with E-state index in [0.29, 0.717) is 36.8 Å². The number of likely N-dealkylation sites (tertiary alicyclic amines) is 1. The number of hydrogen-bond donors (Lipinski definition) is 0. The SMILES string of the molecule is Cc1cc(OC2CCN(C(=O)COc3ccc(F)cc3)C2)cc(=O)o1. The topological polar surface area (TPSA) is 69.0 Å². The average Bonchev–Trinajstić information content (AvgIpc) is 3.01. The van der Waals surface area contributed by atoms with Gasteiger partial charge in [0.2, 0.25) is 0 Å². The van der Waals surface area contributed by atoms with Crippen LogP contribution >= 0.6 is 0 Å². The van der Waals surface area contributed by atoms with Crippen molar-refractivity contribution in [3.8, 4) is 11.5 Å². The molecule has 132 valence electrons. The summed E-state index contributed by atoms with van der Waals surface area (Å²) >= 11 is 0. The van der Waals surface area contributed by atoms with Gasteiger partial charge in [-0.1, -0.05) is 0 Å². The van der Waals surface area contributed by atoms with Crippen molar-refractivity contribution in [3.05, 3.63) is 58.4 Å². The molecule has 6 nitrogen and oxygen atoms in total. The first-order valence-corrected chi connectivity index (χ1v) is 7.94. The Balaban J connectivity index is 1.50. The lowest BCUT2D eigenvalue weighted by Crippen LogP contribution is -2.34. The quantitative estimate of drug-likeness (QED) is 0.829. The van der Waals surface area contributed by atoms with Crippen LogP contribution in [0.3, 0.4) is 0 Å². The molecule has 1 aromatic carbocycles. The third-order valence-electron chi connectivity index (χ3n) is 3.84. The number of nitrogens with zero attached hydrogens (tertiary/aromatic N) is 1. The Bertz CT molecular complexity index is 802. The van der Waals surface area contributed by atoms with Crippen molar-refractivity contribution in [3.63, 3.8) is 0 Å². The minimum atomic E-state index is -0.464. The molecule has 0 N–H and O–H groups in total. The molecule has 2 heterocycles. The van der Waals surface area contributed by atoms with Gasteiger partial charge in [-0.25, -0.2) is 9.18 Å². The van der Waals surface area contributed by atoms with Crippen LogP contribution in [0.2, 0.25) is 0 Å². The maximum Gasteiger partial charge on any atom is 0.339 e. The molecule has 1 saturated heterocycles. The second-order valence-electron chi connectivity index (χ2n) is 5.83.